The molecule has 0 fully saturated rings. The smallest absolute Gasteiger partial charge is 0.289 e. The fraction of sp³-hybridized carbons (Fsp3) is 0.0588. The number of amides is 1. The fourth-order valence-electron chi connectivity index (χ4n) is 1.97. The van der Waals surface area contributed by atoms with E-state index >= 15 is 0 Å². The first-order chi connectivity index (χ1) is 12.1. The minimum atomic E-state index is -0.559. The van der Waals surface area contributed by atoms with Gasteiger partial charge in [-0.2, -0.15) is 0 Å². The second kappa shape index (κ2) is 7.35. The number of pyridine rings is 1. The Morgan fingerprint density at radius 2 is 2.00 bits per heavy atom. The number of nitrogens with one attached hydrogen (secondary N) is 1. The van der Waals surface area contributed by atoms with Crippen molar-refractivity contribution in [3.05, 3.63) is 72.3 Å². The number of hydrogen-bond acceptors (Lipinski definition) is 6. The molecule has 25 heavy (non-hydrogen) atoms. The van der Waals surface area contributed by atoms with Crippen LogP contribution in [0.5, 0.6) is 17.2 Å². The maximum Gasteiger partial charge on any atom is 0.289 e. The molecule has 0 saturated carbocycles. The van der Waals surface area contributed by atoms with E-state index in [1.54, 1.807) is 24.4 Å². The van der Waals surface area contributed by atoms with Crippen molar-refractivity contribution in [2.24, 2.45) is 0 Å². The molecule has 2 heterocycles. The second-order valence-corrected chi connectivity index (χ2v) is 5.00. The normalized spacial score (nSPS) is 10.3. The van der Waals surface area contributed by atoms with E-state index in [0.717, 1.165) is 12.4 Å². The van der Waals surface area contributed by atoms with Gasteiger partial charge in [0.05, 0.1) is 18.6 Å². The molecule has 2 N–H and O–H groups in total. The zero-order chi connectivity index (χ0) is 17.6. The molecule has 7 nitrogen and oxygen atoms in total. The number of halogens is 1. The van der Waals surface area contributed by atoms with Crippen LogP contribution in [0.15, 0.2) is 55.1 Å². The van der Waals surface area contributed by atoms with Gasteiger partial charge in [0, 0.05) is 12.7 Å². The monoisotopic (exact) mass is 340 g/mol. The number of aromatic nitrogens is 3. The van der Waals surface area contributed by atoms with Gasteiger partial charge in [-0.05, 0) is 29.8 Å². The molecule has 0 radical (unpaired) electrons. The lowest BCUT2D eigenvalue weighted by Crippen LogP contribution is -2.24. The Morgan fingerprint density at radius 1 is 1.20 bits per heavy atom. The molecule has 0 aliphatic heterocycles. The number of nitrogens with zero attached hydrogens (tertiary/aromatic N) is 3. The largest absolute Gasteiger partial charge is 0.505 e. The van der Waals surface area contributed by atoms with Crippen LogP contribution in [-0.2, 0) is 6.54 Å². The first kappa shape index (κ1) is 16.3. The van der Waals surface area contributed by atoms with E-state index in [9.17, 15) is 9.18 Å². The van der Waals surface area contributed by atoms with Crippen LogP contribution < -0.4 is 10.1 Å². The maximum absolute atomic E-state index is 14.1. The summed E-state index contributed by atoms with van der Waals surface area (Å²) in [6.07, 6.45) is 5.30. The number of hydrogen-bond donors (Lipinski definition) is 2. The Morgan fingerprint density at radius 3 is 2.68 bits per heavy atom. The van der Waals surface area contributed by atoms with Crippen molar-refractivity contribution in [1.29, 1.82) is 0 Å². The van der Waals surface area contributed by atoms with Gasteiger partial charge in [-0.3, -0.25) is 9.78 Å². The highest BCUT2D eigenvalue weighted by Gasteiger charge is 2.10. The number of carbonyl (C=O) groups excluding carboxylic acids is 1. The predicted molar refractivity (Wildman–Crippen MR) is 85.6 cm³/mol. The zero-order valence-corrected chi connectivity index (χ0v) is 12.9. The molecule has 0 bridgehead atoms. The van der Waals surface area contributed by atoms with Gasteiger partial charge in [0.15, 0.2) is 17.3 Å². The number of ether oxygens (including phenoxy) is 1. The molecule has 2 aromatic heterocycles. The van der Waals surface area contributed by atoms with Crippen LogP contribution in [0, 0.1) is 5.82 Å². The van der Waals surface area contributed by atoms with E-state index in [4.69, 9.17) is 9.84 Å². The summed E-state index contributed by atoms with van der Waals surface area (Å²) in [5.74, 6) is -0.831. The molecule has 126 valence electrons. The van der Waals surface area contributed by atoms with E-state index in [1.165, 1.54) is 18.3 Å². The maximum atomic E-state index is 14.1. The Labute approximate surface area is 142 Å². The summed E-state index contributed by atoms with van der Waals surface area (Å²) < 4.78 is 19.5. The number of rotatable bonds is 5. The van der Waals surface area contributed by atoms with Crippen LogP contribution in [0.3, 0.4) is 0 Å². The van der Waals surface area contributed by atoms with E-state index in [1.807, 2.05) is 0 Å². The molecule has 0 spiro atoms. The van der Waals surface area contributed by atoms with Crippen molar-refractivity contribution >= 4 is 5.91 Å². The molecule has 0 unspecified atom stereocenters. The van der Waals surface area contributed by atoms with Crippen LogP contribution >= 0.6 is 0 Å². The van der Waals surface area contributed by atoms with Gasteiger partial charge in [-0.1, -0.05) is 6.07 Å². The Bertz CT molecular complexity index is 873. The average Bonchev–Trinajstić information content (AvgIpc) is 2.63. The van der Waals surface area contributed by atoms with Gasteiger partial charge in [-0.25, -0.2) is 14.4 Å². The first-order valence-corrected chi connectivity index (χ1v) is 7.27. The predicted octanol–water partition coefficient (Wildman–Crippen LogP) is 2.44. The summed E-state index contributed by atoms with van der Waals surface area (Å²) in [6, 6.07) is 7.72. The van der Waals surface area contributed by atoms with Gasteiger partial charge >= 0.3 is 0 Å². The highest BCUT2D eigenvalue weighted by Crippen LogP contribution is 2.24. The lowest BCUT2D eigenvalue weighted by molar-refractivity contribution is 0.0940. The lowest BCUT2D eigenvalue weighted by Gasteiger charge is -2.09. The van der Waals surface area contributed by atoms with Crippen molar-refractivity contribution in [1.82, 2.24) is 20.3 Å². The van der Waals surface area contributed by atoms with Crippen LogP contribution in [0.4, 0.5) is 4.39 Å². The third kappa shape index (κ3) is 4.25. The molecule has 1 aromatic carbocycles. The molecule has 3 rings (SSSR count). The van der Waals surface area contributed by atoms with Crippen LogP contribution in [0.25, 0.3) is 0 Å². The fourth-order valence-corrected chi connectivity index (χ4v) is 1.97. The van der Waals surface area contributed by atoms with Crippen LogP contribution in [-0.4, -0.2) is 26.0 Å². The van der Waals surface area contributed by atoms with Gasteiger partial charge < -0.3 is 15.2 Å². The number of aromatic hydroxyl groups is 1. The van der Waals surface area contributed by atoms with E-state index in [2.05, 4.69) is 20.3 Å². The minimum Gasteiger partial charge on any atom is -0.505 e. The number of carbonyl (C=O) groups is 1. The van der Waals surface area contributed by atoms with Crippen molar-refractivity contribution in [2.45, 2.75) is 6.54 Å². The third-order valence-electron chi connectivity index (χ3n) is 3.15. The average molecular weight is 340 g/mol. The summed E-state index contributed by atoms with van der Waals surface area (Å²) in [5, 5.41) is 11.7. The van der Waals surface area contributed by atoms with Crippen molar-refractivity contribution in [3.63, 3.8) is 0 Å². The molecule has 1 amide bonds. The third-order valence-corrected chi connectivity index (χ3v) is 3.15. The van der Waals surface area contributed by atoms with E-state index < -0.39 is 11.7 Å². The molecule has 0 aliphatic carbocycles. The minimum absolute atomic E-state index is 0.0601. The molecule has 8 heteroatoms. The summed E-state index contributed by atoms with van der Waals surface area (Å²) in [4.78, 5) is 23.2. The first-order valence-electron chi connectivity index (χ1n) is 7.27. The van der Waals surface area contributed by atoms with Crippen LogP contribution in [0.2, 0.25) is 0 Å². The summed E-state index contributed by atoms with van der Waals surface area (Å²) >= 11 is 0. The van der Waals surface area contributed by atoms with E-state index in [0.29, 0.717) is 11.3 Å². The van der Waals surface area contributed by atoms with Crippen molar-refractivity contribution in [3.8, 4) is 17.2 Å². The Kier molecular flexibility index (Phi) is 4.79. The summed E-state index contributed by atoms with van der Waals surface area (Å²) in [7, 11) is 0. The van der Waals surface area contributed by atoms with Gasteiger partial charge in [0.25, 0.3) is 5.91 Å². The van der Waals surface area contributed by atoms with Crippen molar-refractivity contribution in [2.75, 3.05) is 0 Å². The topological polar surface area (TPSA) is 97.2 Å². The molecule has 0 atom stereocenters. The Balaban J connectivity index is 1.63. The molecule has 0 aliphatic rings. The molecule has 3 aromatic rings. The van der Waals surface area contributed by atoms with E-state index in [-0.39, 0.29) is 23.9 Å². The van der Waals surface area contributed by atoms with Crippen LogP contribution in [0.1, 0.15) is 16.2 Å². The standard InChI is InChI=1S/C17H13FN4O3/c18-14-6-11(3-4-15(14)25-13-2-1-5-19-10-13)7-22-17(24)16-20-8-12(23)9-21-16/h1-6,8-10,23H,7H2,(H,22,24). The summed E-state index contributed by atoms with van der Waals surface area (Å²) in [6.45, 7) is 0.0904. The van der Waals surface area contributed by atoms with Gasteiger partial charge in [0.1, 0.15) is 5.75 Å². The number of benzene rings is 1. The lowest BCUT2D eigenvalue weighted by atomic mass is 10.2. The SMILES string of the molecule is O=C(NCc1ccc(Oc2cccnc2)c(F)c1)c1ncc(O)cn1. The quantitative estimate of drug-likeness (QED) is 0.740. The summed E-state index contributed by atoms with van der Waals surface area (Å²) in [5.41, 5.74) is 0.545. The Hall–Kier alpha value is -3.55. The highest BCUT2D eigenvalue weighted by atomic mass is 19.1. The zero-order valence-electron chi connectivity index (χ0n) is 12.9. The molecule has 0 saturated heterocycles. The van der Waals surface area contributed by atoms with Gasteiger partial charge in [-0.15, -0.1) is 0 Å². The van der Waals surface area contributed by atoms with Gasteiger partial charge in [0.2, 0.25) is 5.82 Å². The second-order valence-electron chi connectivity index (χ2n) is 5.00. The highest BCUT2D eigenvalue weighted by molar-refractivity contribution is 5.90. The molecular formula is C17H13FN4O3. The molecular weight excluding hydrogens is 327 g/mol. The van der Waals surface area contributed by atoms with Crippen molar-refractivity contribution < 1.29 is 19.0 Å².